The summed E-state index contributed by atoms with van der Waals surface area (Å²) in [6, 6.07) is 0. The van der Waals surface area contributed by atoms with Gasteiger partial charge in [-0.1, -0.05) is 27.4 Å². The second-order valence-electron chi connectivity index (χ2n) is 3.99. The van der Waals surface area contributed by atoms with Crippen LogP contribution in [0.4, 0.5) is 0 Å². The molecule has 0 aliphatic rings. The first-order valence-electron chi connectivity index (χ1n) is 3.83. The molecule has 1 heteroatoms. The van der Waals surface area contributed by atoms with Gasteiger partial charge in [-0.25, -0.2) is 0 Å². The van der Waals surface area contributed by atoms with Crippen molar-refractivity contribution in [1.82, 2.24) is 0 Å². The Labute approximate surface area is 69.8 Å². The second-order valence-corrected chi connectivity index (χ2v) is 3.99. The van der Waals surface area contributed by atoms with Gasteiger partial charge in [0, 0.05) is 5.41 Å². The molecule has 0 saturated heterocycles. The molecule has 0 atom stereocenters. The fourth-order valence-electron chi connectivity index (χ4n) is 0.366. The molecule has 1 nitrogen and oxygen atoms in total. The summed E-state index contributed by atoms with van der Waals surface area (Å²) in [5, 5.41) is 0. The highest BCUT2D eigenvalue weighted by molar-refractivity contribution is 4.99. The topological polar surface area (TPSA) is 9.23 Å². The van der Waals surface area contributed by atoms with E-state index in [9.17, 15) is 0 Å². The molecule has 0 aliphatic carbocycles. The van der Waals surface area contributed by atoms with Crippen LogP contribution in [-0.2, 0) is 4.74 Å². The molecule has 0 fully saturated rings. The maximum absolute atomic E-state index is 5.31. The SMILES string of the molecule is C=C(OC=C(C)C)C(C)(C)C. The normalized spacial score (nSPS) is 10.6. The smallest absolute Gasteiger partial charge is 0.101 e. The van der Waals surface area contributed by atoms with Crippen LogP contribution in [0, 0.1) is 5.41 Å². The predicted molar refractivity (Wildman–Crippen MR) is 49.1 cm³/mol. The minimum absolute atomic E-state index is 0.0337. The van der Waals surface area contributed by atoms with Crippen molar-refractivity contribution in [3.63, 3.8) is 0 Å². The molecule has 0 aliphatic heterocycles. The van der Waals surface area contributed by atoms with Crippen LogP contribution in [0.5, 0.6) is 0 Å². The third-order valence-corrected chi connectivity index (χ3v) is 1.27. The number of hydrogen-bond acceptors (Lipinski definition) is 1. The molecular formula is C10H18O. The van der Waals surface area contributed by atoms with Gasteiger partial charge in [-0.15, -0.1) is 0 Å². The summed E-state index contributed by atoms with van der Waals surface area (Å²) in [5.74, 6) is 0.804. The van der Waals surface area contributed by atoms with Crippen molar-refractivity contribution in [3.05, 3.63) is 24.2 Å². The quantitative estimate of drug-likeness (QED) is 0.553. The Morgan fingerprint density at radius 3 is 2.00 bits per heavy atom. The molecule has 0 rings (SSSR count). The number of ether oxygens (including phenoxy) is 1. The minimum atomic E-state index is 0.0337. The Kier molecular flexibility index (Phi) is 3.37. The van der Waals surface area contributed by atoms with Gasteiger partial charge < -0.3 is 4.74 Å². The van der Waals surface area contributed by atoms with Crippen LogP contribution in [0.1, 0.15) is 34.6 Å². The minimum Gasteiger partial charge on any atom is -0.470 e. The zero-order valence-electron chi connectivity index (χ0n) is 8.19. The summed E-state index contributed by atoms with van der Waals surface area (Å²) in [5.41, 5.74) is 1.18. The molecule has 0 amide bonds. The lowest BCUT2D eigenvalue weighted by atomic mass is 9.95. The van der Waals surface area contributed by atoms with E-state index in [1.54, 1.807) is 6.26 Å². The van der Waals surface area contributed by atoms with E-state index >= 15 is 0 Å². The Morgan fingerprint density at radius 2 is 1.73 bits per heavy atom. The Bertz CT molecular complexity index is 166. The average Bonchev–Trinajstić information content (AvgIpc) is 1.80. The van der Waals surface area contributed by atoms with Crippen molar-refractivity contribution >= 4 is 0 Å². The number of rotatable bonds is 2. The molecule has 0 spiro atoms. The molecule has 0 heterocycles. The van der Waals surface area contributed by atoms with Crippen molar-refractivity contribution in [1.29, 1.82) is 0 Å². The molecule has 0 N–H and O–H groups in total. The lowest BCUT2D eigenvalue weighted by Gasteiger charge is -2.19. The molecule has 11 heavy (non-hydrogen) atoms. The molecule has 64 valence electrons. The van der Waals surface area contributed by atoms with Crippen LogP contribution >= 0.6 is 0 Å². The van der Waals surface area contributed by atoms with Crippen LogP contribution in [-0.4, -0.2) is 0 Å². The van der Waals surface area contributed by atoms with Crippen LogP contribution in [0.2, 0.25) is 0 Å². The highest BCUT2D eigenvalue weighted by Crippen LogP contribution is 2.24. The lowest BCUT2D eigenvalue weighted by molar-refractivity contribution is 0.246. The Morgan fingerprint density at radius 1 is 1.27 bits per heavy atom. The van der Waals surface area contributed by atoms with Gasteiger partial charge in [-0.2, -0.15) is 0 Å². The van der Waals surface area contributed by atoms with Crippen molar-refractivity contribution in [2.45, 2.75) is 34.6 Å². The first-order chi connectivity index (χ1) is 4.84. The van der Waals surface area contributed by atoms with Crippen LogP contribution in [0.3, 0.4) is 0 Å². The van der Waals surface area contributed by atoms with Gasteiger partial charge in [-0.3, -0.25) is 0 Å². The second kappa shape index (κ2) is 3.61. The molecule has 0 aromatic carbocycles. The van der Waals surface area contributed by atoms with E-state index in [0.29, 0.717) is 0 Å². The number of allylic oxidation sites excluding steroid dienone is 2. The summed E-state index contributed by atoms with van der Waals surface area (Å²) in [7, 11) is 0. The molecule has 0 bridgehead atoms. The van der Waals surface area contributed by atoms with Gasteiger partial charge in [0.15, 0.2) is 0 Å². The van der Waals surface area contributed by atoms with Crippen molar-refractivity contribution in [3.8, 4) is 0 Å². The van der Waals surface area contributed by atoms with Gasteiger partial charge in [0.05, 0.1) is 6.26 Å². The average molecular weight is 154 g/mol. The van der Waals surface area contributed by atoms with E-state index in [2.05, 4.69) is 27.4 Å². The summed E-state index contributed by atoms with van der Waals surface area (Å²) < 4.78 is 5.31. The van der Waals surface area contributed by atoms with E-state index in [1.807, 2.05) is 13.8 Å². The first kappa shape index (κ1) is 10.3. The molecule has 0 aromatic rings. The highest BCUT2D eigenvalue weighted by Gasteiger charge is 2.15. The summed E-state index contributed by atoms with van der Waals surface area (Å²) in [6.07, 6.45) is 1.73. The van der Waals surface area contributed by atoms with E-state index in [4.69, 9.17) is 4.74 Å². The third-order valence-electron chi connectivity index (χ3n) is 1.27. The fourth-order valence-corrected chi connectivity index (χ4v) is 0.366. The largest absolute Gasteiger partial charge is 0.470 e. The molecule has 0 saturated carbocycles. The van der Waals surface area contributed by atoms with Gasteiger partial charge in [0.25, 0.3) is 0 Å². The van der Waals surface area contributed by atoms with Crippen LogP contribution in [0.25, 0.3) is 0 Å². The summed E-state index contributed by atoms with van der Waals surface area (Å²) >= 11 is 0. The first-order valence-corrected chi connectivity index (χ1v) is 3.83. The van der Waals surface area contributed by atoms with E-state index < -0.39 is 0 Å². The van der Waals surface area contributed by atoms with E-state index in [0.717, 1.165) is 11.3 Å². The van der Waals surface area contributed by atoms with Crippen molar-refractivity contribution in [2.24, 2.45) is 5.41 Å². The highest BCUT2D eigenvalue weighted by atomic mass is 16.5. The number of hydrogen-bond donors (Lipinski definition) is 0. The van der Waals surface area contributed by atoms with Gasteiger partial charge >= 0.3 is 0 Å². The standard InChI is InChI=1S/C10H18O/c1-8(2)7-11-9(3)10(4,5)6/h7H,3H2,1-2,4-6H3. The maximum Gasteiger partial charge on any atom is 0.101 e. The van der Waals surface area contributed by atoms with Gasteiger partial charge in [0.1, 0.15) is 5.76 Å². The van der Waals surface area contributed by atoms with E-state index in [1.165, 1.54) is 0 Å². The zero-order valence-corrected chi connectivity index (χ0v) is 8.19. The molecule has 0 radical (unpaired) electrons. The Hall–Kier alpha value is -0.720. The van der Waals surface area contributed by atoms with Crippen molar-refractivity contribution < 1.29 is 4.74 Å². The lowest BCUT2D eigenvalue weighted by Crippen LogP contribution is -2.09. The molecule has 0 aromatic heterocycles. The molecule has 0 unspecified atom stereocenters. The fraction of sp³-hybridized carbons (Fsp3) is 0.600. The summed E-state index contributed by atoms with van der Waals surface area (Å²) in [6.45, 7) is 14.1. The maximum atomic E-state index is 5.31. The predicted octanol–water partition coefficient (Wildman–Crippen LogP) is 3.49. The third kappa shape index (κ3) is 4.65. The van der Waals surface area contributed by atoms with Gasteiger partial charge in [0.2, 0.25) is 0 Å². The zero-order chi connectivity index (χ0) is 9.07. The van der Waals surface area contributed by atoms with Gasteiger partial charge in [-0.05, 0) is 19.4 Å². The van der Waals surface area contributed by atoms with Crippen molar-refractivity contribution in [2.75, 3.05) is 0 Å². The molecular weight excluding hydrogens is 136 g/mol. The van der Waals surface area contributed by atoms with E-state index in [-0.39, 0.29) is 5.41 Å². The summed E-state index contributed by atoms with van der Waals surface area (Å²) in [4.78, 5) is 0. The van der Waals surface area contributed by atoms with Crippen LogP contribution in [0.15, 0.2) is 24.2 Å². The monoisotopic (exact) mass is 154 g/mol. The van der Waals surface area contributed by atoms with Crippen LogP contribution < -0.4 is 0 Å². The Balaban J connectivity index is 4.01.